The highest BCUT2D eigenvalue weighted by atomic mass is 16.5. The minimum Gasteiger partial charge on any atom is -0.480 e. The van der Waals surface area contributed by atoms with Crippen LogP contribution in [0.3, 0.4) is 0 Å². The van der Waals surface area contributed by atoms with E-state index in [4.69, 9.17) is 4.74 Å². The maximum Gasteiger partial charge on any atom is 0.260 e. The molecule has 0 radical (unpaired) electrons. The van der Waals surface area contributed by atoms with Gasteiger partial charge in [0.1, 0.15) is 5.75 Å². The van der Waals surface area contributed by atoms with E-state index in [0.29, 0.717) is 17.9 Å². The van der Waals surface area contributed by atoms with E-state index in [1.165, 1.54) is 0 Å². The predicted octanol–water partition coefficient (Wildman–Crippen LogP) is 2.80. The van der Waals surface area contributed by atoms with Crippen molar-refractivity contribution >= 4 is 16.7 Å². The van der Waals surface area contributed by atoms with Crippen molar-refractivity contribution in [1.29, 1.82) is 0 Å². The van der Waals surface area contributed by atoms with Crippen LogP contribution in [0, 0.1) is 0 Å². The average molecular weight is 287 g/mol. The fourth-order valence-corrected chi connectivity index (χ4v) is 2.27. The molecule has 112 valence electrons. The van der Waals surface area contributed by atoms with E-state index < -0.39 is 12.2 Å². The normalized spacial score (nSPS) is 13.7. The Labute approximate surface area is 124 Å². The maximum atomic E-state index is 11.9. The third-order valence-corrected chi connectivity index (χ3v) is 3.38. The molecule has 2 atom stereocenters. The molecule has 0 fully saturated rings. The molecule has 0 aliphatic rings. The molecule has 2 aromatic carbocycles. The second-order valence-electron chi connectivity index (χ2n) is 5.04. The number of nitrogens with one attached hydrogen (secondary N) is 1. The summed E-state index contributed by atoms with van der Waals surface area (Å²) < 4.78 is 5.86. The van der Waals surface area contributed by atoms with Gasteiger partial charge in [-0.3, -0.25) is 4.79 Å². The largest absolute Gasteiger partial charge is 0.480 e. The number of hydrogen-bond donors (Lipinski definition) is 2. The summed E-state index contributed by atoms with van der Waals surface area (Å²) in [6.45, 7) is 5.82. The van der Waals surface area contributed by atoms with Crippen molar-refractivity contribution in [2.45, 2.75) is 33.0 Å². The lowest BCUT2D eigenvalue weighted by Gasteiger charge is -2.20. The summed E-state index contributed by atoms with van der Waals surface area (Å²) >= 11 is 0. The van der Waals surface area contributed by atoms with Gasteiger partial charge in [-0.1, -0.05) is 36.4 Å². The molecule has 0 aliphatic heterocycles. The molecule has 0 saturated carbocycles. The first-order valence-corrected chi connectivity index (χ1v) is 7.18. The van der Waals surface area contributed by atoms with Gasteiger partial charge in [-0.05, 0) is 26.2 Å². The standard InChI is InChI=1S/C17H21NO3/c1-4-18-17(20)12(3)21-16-14(11(2)19)10-9-13-7-5-6-8-15(13)16/h5-12,19H,4H2,1-3H3,(H,18,20). The monoisotopic (exact) mass is 287 g/mol. The summed E-state index contributed by atoms with van der Waals surface area (Å²) in [4.78, 5) is 11.9. The van der Waals surface area contributed by atoms with Crippen molar-refractivity contribution in [3.63, 3.8) is 0 Å². The van der Waals surface area contributed by atoms with Crippen LogP contribution in [0.5, 0.6) is 5.75 Å². The number of hydrogen-bond acceptors (Lipinski definition) is 3. The molecule has 2 rings (SSSR count). The summed E-state index contributed by atoms with van der Waals surface area (Å²) in [6, 6.07) is 11.6. The zero-order chi connectivity index (χ0) is 15.4. The fourth-order valence-electron chi connectivity index (χ4n) is 2.27. The van der Waals surface area contributed by atoms with Gasteiger partial charge in [-0.2, -0.15) is 0 Å². The topological polar surface area (TPSA) is 58.6 Å². The predicted molar refractivity (Wildman–Crippen MR) is 83.4 cm³/mol. The molecule has 2 aromatic rings. The van der Waals surface area contributed by atoms with E-state index in [1.54, 1.807) is 13.8 Å². The van der Waals surface area contributed by atoms with E-state index in [-0.39, 0.29) is 5.91 Å². The molecule has 4 heteroatoms. The van der Waals surface area contributed by atoms with E-state index in [9.17, 15) is 9.90 Å². The minimum atomic E-state index is -0.661. The third-order valence-electron chi connectivity index (χ3n) is 3.38. The SMILES string of the molecule is CCNC(=O)C(C)Oc1c(C(C)O)ccc2ccccc12. The van der Waals surface area contributed by atoms with E-state index in [1.807, 2.05) is 43.3 Å². The molecular formula is C17H21NO3. The number of carbonyl (C=O) groups excluding carboxylic acids is 1. The first kappa shape index (κ1) is 15.3. The molecule has 0 saturated heterocycles. The van der Waals surface area contributed by atoms with E-state index in [0.717, 1.165) is 10.8 Å². The van der Waals surface area contributed by atoms with Gasteiger partial charge in [0.05, 0.1) is 6.10 Å². The number of ether oxygens (including phenoxy) is 1. The Bertz CT molecular complexity index is 637. The number of likely N-dealkylation sites (N-methyl/N-ethyl adjacent to an activating group) is 1. The number of aliphatic hydroxyl groups excluding tert-OH is 1. The first-order valence-electron chi connectivity index (χ1n) is 7.18. The van der Waals surface area contributed by atoms with E-state index in [2.05, 4.69) is 5.32 Å². The molecule has 2 unspecified atom stereocenters. The molecule has 4 nitrogen and oxygen atoms in total. The van der Waals surface area contributed by atoms with Crippen LogP contribution in [0.4, 0.5) is 0 Å². The number of aliphatic hydroxyl groups is 1. The van der Waals surface area contributed by atoms with Crippen LogP contribution < -0.4 is 10.1 Å². The summed E-state index contributed by atoms with van der Waals surface area (Å²) in [6.07, 6.45) is -1.28. The number of rotatable bonds is 5. The Morgan fingerprint density at radius 2 is 1.95 bits per heavy atom. The van der Waals surface area contributed by atoms with Crippen LogP contribution in [0.2, 0.25) is 0 Å². The van der Waals surface area contributed by atoms with Gasteiger partial charge in [-0.15, -0.1) is 0 Å². The Morgan fingerprint density at radius 3 is 2.62 bits per heavy atom. The zero-order valence-corrected chi connectivity index (χ0v) is 12.6. The molecule has 0 spiro atoms. The molecule has 21 heavy (non-hydrogen) atoms. The highest BCUT2D eigenvalue weighted by molar-refractivity contribution is 5.90. The van der Waals surface area contributed by atoms with Crippen LogP contribution >= 0.6 is 0 Å². The Morgan fingerprint density at radius 1 is 1.24 bits per heavy atom. The van der Waals surface area contributed by atoms with Gasteiger partial charge in [0.2, 0.25) is 0 Å². The quantitative estimate of drug-likeness (QED) is 0.889. The van der Waals surface area contributed by atoms with Gasteiger partial charge in [-0.25, -0.2) is 0 Å². The molecule has 2 N–H and O–H groups in total. The minimum absolute atomic E-state index is 0.165. The van der Waals surface area contributed by atoms with Crippen molar-refractivity contribution < 1.29 is 14.6 Å². The van der Waals surface area contributed by atoms with Crippen LogP contribution in [-0.4, -0.2) is 23.7 Å². The van der Waals surface area contributed by atoms with Gasteiger partial charge >= 0.3 is 0 Å². The lowest BCUT2D eigenvalue weighted by molar-refractivity contribution is -0.127. The Balaban J connectivity index is 2.44. The second-order valence-corrected chi connectivity index (χ2v) is 5.04. The lowest BCUT2D eigenvalue weighted by Crippen LogP contribution is -2.36. The molecule has 0 aromatic heterocycles. The number of carbonyl (C=O) groups is 1. The van der Waals surface area contributed by atoms with Crippen LogP contribution in [0.1, 0.15) is 32.4 Å². The van der Waals surface area contributed by atoms with Crippen molar-refractivity contribution in [2.75, 3.05) is 6.54 Å². The lowest BCUT2D eigenvalue weighted by atomic mass is 10.0. The fraction of sp³-hybridized carbons (Fsp3) is 0.353. The summed E-state index contributed by atoms with van der Waals surface area (Å²) in [5.41, 5.74) is 0.685. The first-order chi connectivity index (χ1) is 10.0. The smallest absolute Gasteiger partial charge is 0.260 e. The van der Waals surface area contributed by atoms with Gasteiger partial charge < -0.3 is 15.2 Å². The number of benzene rings is 2. The molecule has 0 bridgehead atoms. The number of fused-ring (bicyclic) bond motifs is 1. The highest BCUT2D eigenvalue weighted by Gasteiger charge is 2.19. The second kappa shape index (κ2) is 6.59. The van der Waals surface area contributed by atoms with Crippen molar-refractivity contribution in [2.24, 2.45) is 0 Å². The summed E-state index contributed by atoms with van der Waals surface area (Å²) in [5.74, 6) is 0.406. The summed E-state index contributed by atoms with van der Waals surface area (Å²) in [5, 5.41) is 14.6. The van der Waals surface area contributed by atoms with Gasteiger partial charge in [0, 0.05) is 17.5 Å². The number of amides is 1. The van der Waals surface area contributed by atoms with Gasteiger partial charge in [0.25, 0.3) is 5.91 Å². The van der Waals surface area contributed by atoms with Crippen molar-refractivity contribution in [3.8, 4) is 5.75 Å². The summed E-state index contributed by atoms with van der Waals surface area (Å²) in [7, 11) is 0. The van der Waals surface area contributed by atoms with E-state index >= 15 is 0 Å². The van der Waals surface area contributed by atoms with Crippen molar-refractivity contribution in [1.82, 2.24) is 5.32 Å². The van der Waals surface area contributed by atoms with Crippen LogP contribution in [0.15, 0.2) is 36.4 Å². The van der Waals surface area contributed by atoms with Crippen molar-refractivity contribution in [3.05, 3.63) is 42.0 Å². The van der Waals surface area contributed by atoms with Gasteiger partial charge in [0.15, 0.2) is 6.10 Å². The Kier molecular flexibility index (Phi) is 4.81. The van der Waals surface area contributed by atoms with Crippen LogP contribution in [0.25, 0.3) is 10.8 Å². The zero-order valence-electron chi connectivity index (χ0n) is 12.6. The highest BCUT2D eigenvalue weighted by Crippen LogP contribution is 2.34. The molecule has 1 amide bonds. The molecule has 0 aliphatic carbocycles. The maximum absolute atomic E-state index is 11.9. The molecule has 0 heterocycles. The average Bonchev–Trinajstić information content (AvgIpc) is 2.47. The third kappa shape index (κ3) is 3.34. The van der Waals surface area contributed by atoms with Crippen LogP contribution in [-0.2, 0) is 4.79 Å². The Hall–Kier alpha value is -2.07. The molecular weight excluding hydrogens is 266 g/mol.